The van der Waals surface area contributed by atoms with Gasteiger partial charge in [0.15, 0.2) is 0 Å². The Kier molecular flexibility index (Phi) is 266. The largest absolute Gasteiger partial charge is 0 e. The third-order valence-corrected chi connectivity index (χ3v) is 0. The topological polar surface area (TPSA) is 0 Å². The minimum Gasteiger partial charge on any atom is 0 e. The number of hydrogen-bond donors (Lipinski definition) is 0. The van der Waals surface area contributed by atoms with Gasteiger partial charge in [0.05, 0.1) is 0 Å². The fourth-order valence-electron chi connectivity index (χ4n) is 0. The standard InChI is InChI=1S/Ba.Ca.Fe.Mg.Mo.Sr.Zn.8H. The predicted octanol–water partition coefficient (Wildman–Crippen LogP) is -3.67. The van der Waals surface area contributed by atoms with Crippen molar-refractivity contribution in [1.29, 1.82) is 0 Å². The molecule has 0 rings (SSSR count). The van der Waals surface area contributed by atoms with Crippen molar-refractivity contribution >= 4 is 155 Å². The summed E-state index contributed by atoms with van der Waals surface area (Å²) in [6, 6.07) is 0. The van der Waals surface area contributed by atoms with E-state index in [4.69, 9.17) is 0 Å². The van der Waals surface area contributed by atoms with Crippen LogP contribution in [-0.2, 0) is 57.6 Å². The Hall–Kier alpha value is 6.91. The first-order valence-corrected chi connectivity index (χ1v) is 0. The second-order valence-corrected chi connectivity index (χ2v) is 0. The quantitative estimate of drug-likeness (QED) is 0.293. The SMILES string of the molecule is [BaH2].[CaH2].[Fe].[MgH2].[Mo].[SrH2].[Zn]. The molecule has 0 bridgehead atoms. The zero-order valence-corrected chi connectivity index (χ0v) is 7.55. The Bertz CT molecular complexity index is 19.7. The second-order valence-electron chi connectivity index (χ2n) is 0. The maximum Gasteiger partial charge on any atom is 0 e. The van der Waals surface area contributed by atoms with Crippen molar-refractivity contribution in [2.45, 2.75) is 0 Å². The Labute approximate surface area is 206 Å². The summed E-state index contributed by atoms with van der Waals surface area (Å²) in [5.74, 6) is 0. The van der Waals surface area contributed by atoms with Gasteiger partial charge in [0, 0.05) is 57.6 Å². The van der Waals surface area contributed by atoms with Gasteiger partial charge >= 0.3 is 155 Å². The Morgan fingerprint density at radius 3 is 1.00 bits per heavy atom. The van der Waals surface area contributed by atoms with E-state index in [-0.39, 0.29) is 213 Å². The van der Waals surface area contributed by atoms with E-state index >= 15 is 0 Å². The molecule has 0 aromatic carbocycles. The van der Waals surface area contributed by atoms with Crippen LogP contribution in [0.4, 0.5) is 0 Å². The van der Waals surface area contributed by atoms with E-state index in [1.807, 2.05) is 0 Å². The molecule has 0 aromatic rings. The van der Waals surface area contributed by atoms with E-state index in [1.54, 1.807) is 0 Å². The van der Waals surface area contributed by atoms with E-state index in [9.17, 15) is 0 Å². The summed E-state index contributed by atoms with van der Waals surface area (Å²) < 4.78 is 0. The molecule has 0 aromatic heterocycles. The van der Waals surface area contributed by atoms with Crippen LogP contribution >= 0.6 is 0 Å². The van der Waals surface area contributed by atoms with Gasteiger partial charge in [-0.3, -0.25) is 0 Å². The summed E-state index contributed by atoms with van der Waals surface area (Å²) in [6.45, 7) is 0. The van der Waals surface area contributed by atoms with Crippen LogP contribution in [-0.4, -0.2) is 155 Å². The van der Waals surface area contributed by atoms with Gasteiger partial charge in [0.1, 0.15) is 0 Å². The van der Waals surface area contributed by atoms with E-state index in [0.717, 1.165) is 0 Å². The second kappa shape index (κ2) is 38.4. The Morgan fingerprint density at radius 1 is 1.00 bits per heavy atom. The van der Waals surface area contributed by atoms with Crippen LogP contribution in [0.3, 0.4) is 0 Å². The van der Waals surface area contributed by atoms with E-state index < -0.39 is 0 Å². The zero-order valence-electron chi connectivity index (χ0n) is 1.47. The first kappa shape index (κ1) is 48.6. The molecule has 32 valence electrons. The molecular weight excluding hydrogens is 507 g/mol. The predicted molar refractivity (Wildman–Crippen MR) is 34.2 cm³/mol. The number of hydrogen-bond acceptors (Lipinski definition) is 0. The van der Waals surface area contributed by atoms with Gasteiger partial charge in [-0.25, -0.2) is 0 Å². The summed E-state index contributed by atoms with van der Waals surface area (Å²) in [5, 5.41) is 0. The summed E-state index contributed by atoms with van der Waals surface area (Å²) in [5.41, 5.74) is 0. The van der Waals surface area contributed by atoms with Gasteiger partial charge in [0.2, 0.25) is 0 Å². The van der Waals surface area contributed by atoms with Crippen molar-refractivity contribution in [3.8, 4) is 0 Å². The maximum absolute atomic E-state index is 0. The molecule has 0 fully saturated rings. The normalized spacial score (nSPS) is 0. The molecule has 0 radical (unpaired) electrons. The van der Waals surface area contributed by atoms with Crippen molar-refractivity contribution in [2.24, 2.45) is 0 Å². The van der Waals surface area contributed by atoms with Crippen LogP contribution in [0, 0.1) is 0 Å². The smallest absolute Gasteiger partial charge is 0 e. The molecule has 0 unspecified atom stereocenters. The maximum atomic E-state index is 0. The number of rotatable bonds is 0. The molecule has 0 N–H and O–H groups in total. The van der Waals surface area contributed by atoms with Crippen LogP contribution in [0.2, 0.25) is 0 Å². The van der Waals surface area contributed by atoms with Crippen molar-refractivity contribution in [1.82, 2.24) is 0 Å². The molecule has 0 heterocycles. The van der Waals surface area contributed by atoms with E-state index in [1.165, 1.54) is 0 Å². The van der Waals surface area contributed by atoms with Crippen molar-refractivity contribution < 1.29 is 57.6 Å². The minimum atomic E-state index is 0. The molecule has 0 aliphatic heterocycles. The monoisotopic (exact) mass is 516 g/mol. The Balaban J connectivity index is 0. The Morgan fingerprint density at radius 2 is 1.00 bits per heavy atom. The molecule has 0 aliphatic rings. The van der Waals surface area contributed by atoms with Gasteiger partial charge in [-0.1, -0.05) is 0 Å². The molecule has 7 heteroatoms. The third kappa shape index (κ3) is 32.2. The molecule has 0 saturated carbocycles. The minimum absolute atomic E-state index is 0. The summed E-state index contributed by atoms with van der Waals surface area (Å²) in [7, 11) is 0. The van der Waals surface area contributed by atoms with Crippen molar-refractivity contribution in [3.63, 3.8) is 0 Å². The molecule has 0 nitrogen and oxygen atoms in total. The molecule has 0 spiro atoms. The molecule has 0 aliphatic carbocycles. The van der Waals surface area contributed by atoms with Crippen LogP contribution in [0.25, 0.3) is 0 Å². The van der Waals surface area contributed by atoms with Crippen LogP contribution < -0.4 is 0 Å². The summed E-state index contributed by atoms with van der Waals surface area (Å²) in [6.07, 6.45) is 0. The van der Waals surface area contributed by atoms with Crippen LogP contribution in [0.15, 0.2) is 0 Å². The molecule has 0 amide bonds. The molecule has 0 atom stereocenters. The molecule has 7 heavy (non-hydrogen) atoms. The summed E-state index contributed by atoms with van der Waals surface area (Å²) in [4.78, 5) is 0. The van der Waals surface area contributed by atoms with E-state index in [0.29, 0.717) is 0 Å². The van der Waals surface area contributed by atoms with Crippen LogP contribution in [0.1, 0.15) is 0 Å². The fraction of sp³-hybridized carbons (Fsp3) is 0. The zero-order chi connectivity index (χ0) is 0. The molecular formula is H8BaCaFeMgMoSrZn. The van der Waals surface area contributed by atoms with Gasteiger partial charge < -0.3 is 0 Å². The average Bonchev–Trinajstić information content (AvgIpc) is 0. The van der Waals surface area contributed by atoms with Gasteiger partial charge in [-0.2, -0.15) is 0 Å². The summed E-state index contributed by atoms with van der Waals surface area (Å²) >= 11 is 0. The van der Waals surface area contributed by atoms with Crippen molar-refractivity contribution in [2.75, 3.05) is 0 Å². The van der Waals surface area contributed by atoms with Gasteiger partial charge in [0.25, 0.3) is 0 Å². The fourth-order valence-corrected chi connectivity index (χ4v) is 0. The molecule has 0 saturated heterocycles. The first-order chi connectivity index (χ1) is 0. The van der Waals surface area contributed by atoms with Crippen molar-refractivity contribution in [3.05, 3.63) is 0 Å². The average molecular weight is 515 g/mol. The third-order valence-electron chi connectivity index (χ3n) is 0. The van der Waals surface area contributed by atoms with Crippen LogP contribution in [0.5, 0.6) is 0 Å². The first-order valence-electron chi connectivity index (χ1n) is 0. The van der Waals surface area contributed by atoms with Gasteiger partial charge in [-0.05, 0) is 0 Å². The van der Waals surface area contributed by atoms with Gasteiger partial charge in [-0.15, -0.1) is 0 Å². The van der Waals surface area contributed by atoms with E-state index in [2.05, 4.69) is 0 Å².